The molecule has 8 nitrogen and oxygen atoms in total. The number of rotatable bonds is 11. The van der Waals surface area contributed by atoms with Crippen LogP contribution in [0, 0.1) is 23.7 Å². The summed E-state index contributed by atoms with van der Waals surface area (Å²) in [7, 11) is 0. The second-order valence-electron chi connectivity index (χ2n) is 12.1. The van der Waals surface area contributed by atoms with Crippen LogP contribution in [-0.2, 0) is 30.6 Å². The Morgan fingerprint density at radius 2 is 1.82 bits per heavy atom. The van der Waals surface area contributed by atoms with Crippen molar-refractivity contribution >= 4 is 5.91 Å². The predicted octanol–water partition coefficient (Wildman–Crippen LogP) is 3.86. The third kappa shape index (κ3) is 6.77. The number of carbonyl (C=O) groups excluding carboxylic acids is 1. The third-order valence-corrected chi connectivity index (χ3v) is 9.09. The number of amides is 1. The van der Waals surface area contributed by atoms with Gasteiger partial charge in [-0.1, -0.05) is 44.2 Å². The molecule has 2 N–H and O–H groups in total. The number of nitrogens with one attached hydrogen (secondary N) is 2. The van der Waals surface area contributed by atoms with Crippen LogP contribution in [-0.4, -0.2) is 68.3 Å². The number of morpholine rings is 1. The summed E-state index contributed by atoms with van der Waals surface area (Å²) in [5, 5.41) is 6.62. The quantitative estimate of drug-likeness (QED) is 0.333. The van der Waals surface area contributed by atoms with Crippen molar-refractivity contribution in [1.82, 2.24) is 15.5 Å². The first-order valence-corrected chi connectivity index (χ1v) is 14.8. The molecule has 38 heavy (non-hydrogen) atoms. The third-order valence-electron chi connectivity index (χ3n) is 9.09. The normalized spacial score (nSPS) is 35.4. The summed E-state index contributed by atoms with van der Waals surface area (Å²) >= 11 is 0. The average molecular weight is 530 g/mol. The van der Waals surface area contributed by atoms with E-state index in [1.807, 2.05) is 6.07 Å². The van der Waals surface area contributed by atoms with E-state index in [9.17, 15) is 4.79 Å². The van der Waals surface area contributed by atoms with Gasteiger partial charge < -0.3 is 20.1 Å². The molecule has 2 saturated heterocycles. The first kappa shape index (κ1) is 28.0. The molecule has 1 aromatic carbocycles. The molecule has 1 aromatic rings. The Kier molecular flexibility index (Phi) is 9.39. The molecule has 8 heteroatoms. The van der Waals surface area contributed by atoms with E-state index in [1.165, 1.54) is 12.0 Å². The van der Waals surface area contributed by atoms with Crippen LogP contribution in [0.3, 0.4) is 0 Å². The van der Waals surface area contributed by atoms with Gasteiger partial charge in [-0.3, -0.25) is 9.69 Å². The van der Waals surface area contributed by atoms with Crippen molar-refractivity contribution in [2.45, 2.75) is 76.9 Å². The molecular formula is C30H47N3O5. The smallest absolute Gasteiger partial charge is 0.220 e. The van der Waals surface area contributed by atoms with E-state index in [-0.39, 0.29) is 11.8 Å². The van der Waals surface area contributed by atoms with Gasteiger partial charge in [0.1, 0.15) is 0 Å². The minimum absolute atomic E-state index is 0.0334. The molecule has 5 rings (SSSR count). The van der Waals surface area contributed by atoms with Gasteiger partial charge in [-0.25, -0.2) is 0 Å². The lowest BCUT2D eigenvalue weighted by Crippen LogP contribution is -2.54. The minimum Gasteiger partial charge on any atom is -0.379 e. The number of nitrogens with zero attached hydrogens (tertiary/aromatic N) is 1. The zero-order valence-corrected chi connectivity index (χ0v) is 23.3. The van der Waals surface area contributed by atoms with Crippen LogP contribution in [0.5, 0.6) is 0 Å². The van der Waals surface area contributed by atoms with Gasteiger partial charge in [-0.2, -0.15) is 9.78 Å². The number of hydrogen-bond donors (Lipinski definition) is 2. The molecule has 6 atom stereocenters. The van der Waals surface area contributed by atoms with E-state index >= 15 is 0 Å². The van der Waals surface area contributed by atoms with Crippen LogP contribution in [0.1, 0.15) is 64.4 Å². The van der Waals surface area contributed by atoms with Crippen molar-refractivity contribution in [1.29, 1.82) is 0 Å². The van der Waals surface area contributed by atoms with Crippen molar-refractivity contribution in [2.75, 3.05) is 45.9 Å². The van der Waals surface area contributed by atoms with Gasteiger partial charge in [0.05, 0.1) is 13.2 Å². The summed E-state index contributed by atoms with van der Waals surface area (Å²) in [4.78, 5) is 27.6. The van der Waals surface area contributed by atoms with Crippen LogP contribution < -0.4 is 10.6 Å². The summed E-state index contributed by atoms with van der Waals surface area (Å²) in [5.74, 6) is 0.420. The number of hydrogen-bond acceptors (Lipinski definition) is 7. The van der Waals surface area contributed by atoms with E-state index in [0.717, 1.165) is 64.6 Å². The zero-order chi connectivity index (χ0) is 26.4. The molecule has 4 aliphatic rings. The van der Waals surface area contributed by atoms with Gasteiger partial charge in [0.2, 0.25) is 17.5 Å². The highest BCUT2D eigenvalue weighted by Gasteiger charge is 2.62. The Balaban J connectivity index is 1.19. The van der Waals surface area contributed by atoms with Crippen LogP contribution in [0.2, 0.25) is 0 Å². The SMILES string of the molecule is CC1CC2CC(C)C3(OOC(CCNCc4ccccc4)(CCC(=O)NCCN4CCOCC4)O3)C(C1)C2. The fourth-order valence-electron chi connectivity index (χ4n) is 7.12. The van der Waals surface area contributed by atoms with Crippen molar-refractivity contribution < 1.29 is 24.0 Å². The predicted molar refractivity (Wildman–Crippen MR) is 145 cm³/mol. The monoisotopic (exact) mass is 529 g/mol. The highest BCUT2D eigenvalue weighted by Crippen LogP contribution is 2.57. The largest absolute Gasteiger partial charge is 0.379 e. The van der Waals surface area contributed by atoms with E-state index < -0.39 is 11.6 Å². The molecular weight excluding hydrogens is 482 g/mol. The van der Waals surface area contributed by atoms with Crippen molar-refractivity contribution in [3.63, 3.8) is 0 Å². The molecule has 0 radical (unpaired) electrons. The molecule has 0 aromatic heterocycles. The lowest BCUT2D eigenvalue weighted by atomic mass is 9.62. The van der Waals surface area contributed by atoms with E-state index in [1.54, 1.807) is 0 Å². The van der Waals surface area contributed by atoms with Gasteiger partial charge >= 0.3 is 0 Å². The molecule has 6 unspecified atom stereocenters. The first-order valence-electron chi connectivity index (χ1n) is 14.8. The minimum atomic E-state index is -0.924. The Labute approximate surface area is 228 Å². The van der Waals surface area contributed by atoms with Crippen LogP contribution in [0.15, 0.2) is 30.3 Å². The van der Waals surface area contributed by atoms with Crippen LogP contribution >= 0.6 is 0 Å². The van der Waals surface area contributed by atoms with E-state index in [4.69, 9.17) is 19.2 Å². The molecule has 1 spiro atoms. The summed E-state index contributed by atoms with van der Waals surface area (Å²) in [6.07, 6.45) is 6.10. The summed E-state index contributed by atoms with van der Waals surface area (Å²) in [5.41, 5.74) is 1.24. The van der Waals surface area contributed by atoms with Gasteiger partial charge in [0, 0.05) is 70.4 Å². The Hall–Kier alpha value is -1.55. The highest BCUT2D eigenvalue weighted by atomic mass is 17.3. The summed E-state index contributed by atoms with van der Waals surface area (Å²) < 4.78 is 12.4. The Bertz CT molecular complexity index is 893. The molecule has 2 heterocycles. The topological polar surface area (TPSA) is 81.3 Å². The van der Waals surface area contributed by atoms with Crippen LogP contribution in [0.25, 0.3) is 0 Å². The van der Waals surface area contributed by atoms with Crippen molar-refractivity contribution in [3.05, 3.63) is 35.9 Å². The summed E-state index contributed by atoms with van der Waals surface area (Å²) in [6.45, 7) is 11.0. The van der Waals surface area contributed by atoms with Gasteiger partial charge in [-0.15, -0.1) is 0 Å². The Morgan fingerprint density at radius 3 is 2.63 bits per heavy atom. The number of carbonyl (C=O) groups is 1. The van der Waals surface area contributed by atoms with Crippen molar-refractivity contribution in [3.8, 4) is 0 Å². The van der Waals surface area contributed by atoms with Crippen molar-refractivity contribution in [2.24, 2.45) is 23.7 Å². The molecule has 212 valence electrons. The fraction of sp³-hybridized carbons (Fsp3) is 0.767. The second-order valence-corrected chi connectivity index (χ2v) is 12.1. The maximum Gasteiger partial charge on any atom is 0.220 e. The second kappa shape index (κ2) is 12.7. The molecule has 2 aliphatic heterocycles. The Morgan fingerprint density at radius 1 is 1.00 bits per heavy atom. The molecule has 2 saturated carbocycles. The van der Waals surface area contributed by atoms with Gasteiger partial charge in [0.15, 0.2) is 0 Å². The standard InChI is InChI=1S/C30H47N3O5/c1-23-18-26-20-24(2)30(27(19-23)21-26)36-29(37-38-30,10-11-31-22-25-6-4-3-5-7-25)9-8-28(34)32-12-13-33-14-16-35-17-15-33/h3-7,23-24,26-27,31H,8-22H2,1-2H3,(H,32,34). The molecule has 2 aliphatic carbocycles. The average Bonchev–Trinajstić information content (AvgIpc) is 3.31. The maximum atomic E-state index is 12.8. The van der Waals surface area contributed by atoms with E-state index in [2.05, 4.69) is 53.6 Å². The number of ether oxygens (including phenoxy) is 2. The highest BCUT2D eigenvalue weighted by molar-refractivity contribution is 5.75. The fourth-order valence-corrected chi connectivity index (χ4v) is 7.12. The zero-order valence-electron chi connectivity index (χ0n) is 23.3. The molecule has 1 amide bonds. The number of benzene rings is 1. The van der Waals surface area contributed by atoms with Crippen LogP contribution in [0.4, 0.5) is 0 Å². The molecule has 2 bridgehead atoms. The van der Waals surface area contributed by atoms with Gasteiger partial charge in [-0.05, 0) is 43.1 Å². The van der Waals surface area contributed by atoms with E-state index in [0.29, 0.717) is 44.2 Å². The molecule has 4 fully saturated rings. The lowest BCUT2D eigenvalue weighted by molar-refractivity contribution is -0.379. The van der Waals surface area contributed by atoms with Gasteiger partial charge in [0.25, 0.3) is 0 Å². The summed E-state index contributed by atoms with van der Waals surface area (Å²) in [6, 6.07) is 10.4. The lowest BCUT2D eigenvalue weighted by Gasteiger charge is -2.50. The maximum absolute atomic E-state index is 12.8. The number of fused-ring (bicyclic) bond motifs is 3. The first-order chi connectivity index (χ1) is 18.5.